The van der Waals surface area contributed by atoms with E-state index in [1.807, 2.05) is 6.92 Å². The Kier molecular flexibility index (Phi) is 3.38. The molecule has 0 saturated heterocycles. The smallest absolute Gasteiger partial charge is 0.303 e. The average Bonchev–Trinajstić information content (AvgIpc) is 2.46. The molecule has 0 fully saturated rings. The summed E-state index contributed by atoms with van der Waals surface area (Å²) < 4.78 is 1.49. The zero-order chi connectivity index (χ0) is 10.6. The number of aromatic nitrogens is 4. The first-order valence-corrected chi connectivity index (χ1v) is 4.27. The van der Waals surface area contributed by atoms with E-state index < -0.39 is 5.97 Å². The number of carbonyl (C=O) groups is 1. The Morgan fingerprint density at radius 2 is 2.43 bits per heavy atom. The van der Waals surface area contributed by atoms with Crippen molar-refractivity contribution in [2.24, 2.45) is 13.0 Å². The Labute approximate surface area is 81.1 Å². The quantitative estimate of drug-likeness (QED) is 0.678. The summed E-state index contributed by atoms with van der Waals surface area (Å²) in [5.74, 6) is -0.207. The highest BCUT2D eigenvalue weighted by Gasteiger charge is 2.08. The lowest BCUT2D eigenvalue weighted by Crippen LogP contribution is -2.16. The zero-order valence-electron chi connectivity index (χ0n) is 8.14. The lowest BCUT2D eigenvalue weighted by Gasteiger charge is -2.09. The van der Waals surface area contributed by atoms with E-state index in [-0.39, 0.29) is 12.3 Å². The molecule has 0 amide bonds. The fraction of sp³-hybridized carbons (Fsp3) is 0.714. The van der Waals surface area contributed by atoms with E-state index in [0.29, 0.717) is 12.5 Å². The van der Waals surface area contributed by atoms with Crippen LogP contribution in [0.2, 0.25) is 0 Å². The number of aliphatic carboxylic acids is 1. The van der Waals surface area contributed by atoms with Crippen LogP contribution in [0.5, 0.6) is 0 Å². The summed E-state index contributed by atoms with van der Waals surface area (Å²) in [6, 6.07) is 0. The molecule has 7 nitrogen and oxygen atoms in total. The highest BCUT2D eigenvalue weighted by molar-refractivity contribution is 5.67. The number of carboxylic acid groups (broad SMARTS) is 1. The van der Waals surface area contributed by atoms with Crippen LogP contribution >= 0.6 is 0 Å². The van der Waals surface area contributed by atoms with Gasteiger partial charge in [0.05, 0.1) is 0 Å². The van der Waals surface area contributed by atoms with E-state index >= 15 is 0 Å². The van der Waals surface area contributed by atoms with Gasteiger partial charge in [0.15, 0.2) is 0 Å². The molecule has 1 atom stereocenters. The van der Waals surface area contributed by atoms with E-state index in [2.05, 4.69) is 20.8 Å². The molecule has 0 spiro atoms. The standard InChI is InChI=1S/C7H13N5O2/c1-5(3-6(13)14)4-8-7-9-10-11-12(7)2/h5H,3-4H2,1-2H3,(H,13,14)(H,8,9,11). The number of tetrazole rings is 1. The van der Waals surface area contributed by atoms with Gasteiger partial charge in [0.25, 0.3) is 0 Å². The maximum Gasteiger partial charge on any atom is 0.303 e. The number of hydrogen-bond donors (Lipinski definition) is 2. The normalized spacial score (nSPS) is 12.4. The molecule has 0 aliphatic heterocycles. The van der Waals surface area contributed by atoms with Gasteiger partial charge in [-0.05, 0) is 16.3 Å². The number of nitrogens with one attached hydrogen (secondary N) is 1. The van der Waals surface area contributed by atoms with Crippen molar-refractivity contribution < 1.29 is 9.90 Å². The molecule has 0 aromatic carbocycles. The molecule has 0 bridgehead atoms. The molecule has 1 rings (SSSR count). The van der Waals surface area contributed by atoms with Crippen LogP contribution in [-0.2, 0) is 11.8 Å². The molecule has 78 valence electrons. The summed E-state index contributed by atoms with van der Waals surface area (Å²) in [6.45, 7) is 2.39. The third-order valence-electron chi connectivity index (χ3n) is 1.75. The van der Waals surface area contributed by atoms with Crippen LogP contribution in [0.25, 0.3) is 0 Å². The van der Waals surface area contributed by atoms with Gasteiger partial charge in [-0.15, -0.1) is 0 Å². The van der Waals surface area contributed by atoms with Crippen LogP contribution in [0, 0.1) is 5.92 Å². The molecule has 0 aliphatic rings. The predicted octanol–water partition coefficient (Wildman–Crippen LogP) is -0.267. The third kappa shape index (κ3) is 3.00. The van der Waals surface area contributed by atoms with Gasteiger partial charge in [-0.25, -0.2) is 4.68 Å². The summed E-state index contributed by atoms with van der Waals surface area (Å²) in [6.07, 6.45) is 0.137. The van der Waals surface area contributed by atoms with Crippen LogP contribution in [0.1, 0.15) is 13.3 Å². The molecule has 2 N–H and O–H groups in total. The Morgan fingerprint density at radius 3 is 2.93 bits per heavy atom. The molecule has 7 heteroatoms. The van der Waals surface area contributed by atoms with Crippen molar-refractivity contribution in [3.05, 3.63) is 0 Å². The van der Waals surface area contributed by atoms with Gasteiger partial charge >= 0.3 is 5.97 Å². The van der Waals surface area contributed by atoms with Crippen molar-refractivity contribution in [2.45, 2.75) is 13.3 Å². The van der Waals surface area contributed by atoms with Gasteiger partial charge in [0, 0.05) is 20.0 Å². The van der Waals surface area contributed by atoms with Crippen molar-refractivity contribution >= 4 is 11.9 Å². The maximum absolute atomic E-state index is 10.4. The highest BCUT2D eigenvalue weighted by atomic mass is 16.4. The monoisotopic (exact) mass is 199 g/mol. The maximum atomic E-state index is 10.4. The molecular formula is C7H13N5O2. The van der Waals surface area contributed by atoms with E-state index in [1.165, 1.54) is 4.68 Å². The number of hydrogen-bond acceptors (Lipinski definition) is 5. The molecule has 0 saturated carbocycles. The van der Waals surface area contributed by atoms with Gasteiger partial charge in [-0.3, -0.25) is 4.79 Å². The first kappa shape index (κ1) is 10.4. The zero-order valence-corrected chi connectivity index (χ0v) is 8.14. The molecule has 1 aromatic heterocycles. The molecule has 0 aliphatic carbocycles. The minimum Gasteiger partial charge on any atom is -0.481 e. The highest BCUT2D eigenvalue weighted by Crippen LogP contribution is 2.03. The third-order valence-corrected chi connectivity index (χ3v) is 1.75. The second-order valence-corrected chi connectivity index (χ2v) is 3.21. The molecular weight excluding hydrogens is 186 g/mol. The summed E-state index contributed by atoms with van der Waals surface area (Å²) in [4.78, 5) is 10.4. The molecule has 1 aromatic rings. The number of anilines is 1. The van der Waals surface area contributed by atoms with Crippen molar-refractivity contribution in [3.63, 3.8) is 0 Å². The van der Waals surface area contributed by atoms with Gasteiger partial charge in [-0.2, -0.15) is 0 Å². The fourth-order valence-corrected chi connectivity index (χ4v) is 1.01. The minimum atomic E-state index is -0.796. The lowest BCUT2D eigenvalue weighted by atomic mass is 10.1. The Bertz CT molecular complexity index is 311. The Morgan fingerprint density at radius 1 is 1.71 bits per heavy atom. The topological polar surface area (TPSA) is 92.9 Å². The largest absolute Gasteiger partial charge is 0.481 e. The van der Waals surface area contributed by atoms with Crippen molar-refractivity contribution in [1.82, 2.24) is 20.2 Å². The summed E-state index contributed by atoms with van der Waals surface area (Å²) >= 11 is 0. The molecule has 14 heavy (non-hydrogen) atoms. The minimum absolute atomic E-state index is 0.0456. The fourth-order valence-electron chi connectivity index (χ4n) is 1.01. The van der Waals surface area contributed by atoms with Gasteiger partial charge in [0.1, 0.15) is 0 Å². The average molecular weight is 199 g/mol. The van der Waals surface area contributed by atoms with Gasteiger partial charge < -0.3 is 10.4 Å². The van der Waals surface area contributed by atoms with E-state index in [0.717, 1.165) is 0 Å². The van der Waals surface area contributed by atoms with Crippen molar-refractivity contribution in [2.75, 3.05) is 11.9 Å². The summed E-state index contributed by atoms with van der Waals surface area (Å²) in [5.41, 5.74) is 0. The van der Waals surface area contributed by atoms with E-state index in [4.69, 9.17) is 5.11 Å². The van der Waals surface area contributed by atoms with Gasteiger partial charge in [0.2, 0.25) is 5.95 Å². The van der Waals surface area contributed by atoms with Crippen LogP contribution in [0.3, 0.4) is 0 Å². The summed E-state index contributed by atoms with van der Waals surface area (Å²) in [5, 5.41) is 22.3. The van der Waals surface area contributed by atoms with Gasteiger partial charge in [-0.1, -0.05) is 12.0 Å². The SMILES string of the molecule is CC(CNc1nnnn1C)CC(=O)O. The Hall–Kier alpha value is -1.66. The van der Waals surface area contributed by atoms with Crippen molar-refractivity contribution in [3.8, 4) is 0 Å². The number of aryl methyl sites for hydroxylation is 1. The number of nitrogens with zero attached hydrogens (tertiary/aromatic N) is 4. The number of rotatable bonds is 5. The van der Waals surface area contributed by atoms with E-state index in [1.54, 1.807) is 7.05 Å². The Balaban J connectivity index is 2.34. The second-order valence-electron chi connectivity index (χ2n) is 3.21. The van der Waals surface area contributed by atoms with Crippen LogP contribution in [0.4, 0.5) is 5.95 Å². The molecule has 1 unspecified atom stereocenters. The molecule has 1 heterocycles. The second kappa shape index (κ2) is 4.54. The number of carboxylic acids is 1. The van der Waals surface area contributed by atoms with Crippen LogP contribution in [0.15, 0.2) is 0 Å². The van der Waals surface area contributed by atoms with Crippen LogP contribution < -0.4 is 5.32 Å². The first-order valence-electron chi connectivity index (χ1n) is 4.27. The first-order chi connectivity index (χ1) is 6.59. The summed E-state index contributed by atoms with van der Waals surface area (Å²) in [7, 11) is 1.71. The van der Waals surface area contributed by atoms with Crippen molar-refractivity contribution in [1.29, 1.82) is 0 Å². The van der Waals surface area contributed by atoms with E-state index in [9.17, 15) is 4.79 Å². The molecule has 0 radical (unpaired) electrons. The lowest BCUT2D eigenvalue weighted by molar-refractivity contribution is -0.137. The van der Waals surface area contributed by atoms with Crippen LogP contribution in [-0.4, -0.2) is 37.8 Å². The predicted molar refractivity (Wildman–Crippen MR) is 48.7 cm³/mol.